The lowest BCUT2D eigenvalue weighted by atomic mass is 10.1. The van der Waals surface area contributed by atoms with Crippen LogP contribution in [0.2, 0.25) is 0 Å². The summed E-state index contributed by atoms with van der Waals surface area (Å²) in [4.78, 5) is 35.0. The number of methoxy groups -OCH3 is 1. The van der Waals surface area contributed by atoms with E-state index in [9.17, 15) is 4.79 Å². The summed E-state index contributed by atoms with van der Waals surface area (Å²) in [5.74, 6) is 1.15. The van der Waals surface area contributed by atoms with Crippen molar-refractivity contribution in [1.29, 1.82) is 0 Å². The highest BCUT2D eigenvalue weighted by molar-refractivity contribution is 5.94. The molecule has 1 fully saturated rings. The molecule has 0 unspecified atom stereocenters. The fourth-order valence-electron chi connectivity index (χ4n) is 3.87. The molecule has 1 aliphatic rings. The van der Waals surface area contributed by atoms with Gasteiger partial charge >= 0.3 is 5.97 Å². The molecule has 0 spiro atoms. The molecule has 5 rings (SSSR count). The van der Waals surface area contributed by atoms with Crippen LogP contribution >= 0.6 is 0 Å². The van der Waals surface area contributed by atoms with Gasteiger partial charge in [-0.3, -0.25) is 0 Å². The number of benzene rings is 2. The fraction of sp³-hybridized carbons (Fsp3) is 0.208. The summed E-state index contributed by atoms with van der Waals surface area (Å²) in [6.07, 6.45) is 3.52. The maximum absolute atomic E-state index is 12.0. The standard InChI is InChI=1S/C24H22N6O2/c1-32-23(31)18-8-9-19-20(16-18)28-22(21(27-19)17-6-3-2-4-7-17)29-12-14-30(15-13-29)24-25-10-5-11-26-24/h2-11,16H,12-15H2,1H3. The molecule has 32 heavy (non-hydrogen) atoms. The summed E-state index contributed by atoms with van der Waals surface area (Å²) < 4.78 is 4.86. The molecule has 0 atom stereocenters. The number of rotatable bonds is 4. The Balaban J connectivity index is 1.53. The van der Waals surface area contributed by atoms with Crippen LogP contribution in [0, 0.1) is 0 Å². The lowest BCUT2D eigenvalue weighted by Crippen LogP contribution is -2.47. The van der Waals surface area contributed by atoms with Crippen LogP contribution in [0.5, 0.6) is 0 Å². The Morgan fingerprint density at radius 2 is 1.56 bits per heavy atom. The molecule has 0 amide bonds. The number of hydrogen-bond acceptors (Lipinski definition) is 8. The van der Waals surface area contributed by atoms with E-state index in [4.69, 9.17) is 14.7 Å². The third-order valence-electron chi connectivity index (χ3n) is 5.53. The van der Waals surface area contributed by atoms with E-state index in [1.165, 1.54) is 7.11 Å². The van der Waals surface area contributed by atoms with Crippen LogP contribution in [0.3, 0.4) is 0 Å². The van der Waals surface area contributed by atoms with E-state index >= 15 is 0 Å². The van der Waals surface area contributed by atoms with E-state index < -0.39 is 0 Å². The van der Waals surface area contributed by atoms with Crippen molar-refractivity contribution in [2.24, 2.45) is 0 Å². The van der Waals surface area contributed by atoms with Gasteiger partial charge in [0, 0.05) is 44.1 Å². The first kappa shape index (κ1) is 19.9. The lowest BCUT2D eigenvalue weighted by Gasteiger charge is -2.36. The summed E-state index contributed by atoms with van der Waals surface area (Å²) in [6.45, 7) is 3.07. The summed E-state index contributed by atoms with van der Waals surface area (Å²) in [5.41, 5.74) is 3.68. The zero-order chi connectivity index (χ0) is 21.9. The number of ether oxygens (including phenoxy) is 1. The van der Waals surface area contributed by atoms with Gasteiger partial charge in [-0.25, -0.2) is 24.7 Å². The van der Waals surface area contributed by atoms with E-state index in [1.54, 1.807) is 24.5 Å². The van der Waals surface area contributed by atoms with Gasteiger partial charge in [-0.1, -0.05) is 30.3 Å². The van der Waals surface area contributed by atoms with Gasteiger partial charge in [-0.05, 0) is 24.3 Å². The number of fused-ring (bicyclic) bond motifs is 1. The van der Waals surface area contributed by atoms with Gasteiger partial charge in [-0.15, -0.1) is 0 Å². The second-order valence-corrected chi connectivity index (χ2v) is 7.48. The number of carbonyl (C=O) groups is 1. The van der Waals surface area contributed by atoms with Crippen LogP contribution in [0.25, 0.3) is 22.3 Å². The first-order chi connectivity index (χ1) is 15.7. The Morgan fingerprint density at radius 1 is 0.844 bits per heavy atom. The summed E-state index contributed by atoms with van der Waals surface area (Å²) >= 11 is 0. The normalized spacial score (nSPS) is 13.9. The minimum absolute atomic E-state index is 0.390. The summed E-state index contributed by atoms with van der Waals surface area (Å²) in [7, 11) is 1.37. The molecule has 2 aromatic heterocycles. The monoisotopic (exact) mass is 426 g/mol. The number of carbonyl (C=O) groups excluding carboxylic acids is 1. The second-order valence-electron chi connectivity index (χ2n) is 7.48. The molecule has 0 aliphatic carbocycles. The Hall–Kier alpha value is -4.07. The minimum Gasteiger partial charge on any atom is -0.465 e. The highest BCUT2D eigenvalue weighted by Crippen LogP contribution is 2.31. The van der Waals surface area contributed by atoms with E-state index in [-0.39, 0.29) is 5.97 Å². The molecule has 160 valence electrons. The highest BCUT2D eigenvalue weighted by Gasteiger charge is 2.24. The topological polar surface area (TPSA) is 84.3 Å². The average molecular weight is 426 g/mol. The predicted octanol–water partition coefficient (Wildman–Crippen LogP) is 3.20. The van der Waals surface area contributed by atoms with E-state index in [0.29, 0.717) is 11.1 Å². The Morgan fingerprint density at radius 3 is 2.28 bits per heavy atom. The van der Waals surface area contributed by atoms with Crippen LogP contribution in [0.4, 0.5) is 11.8 Å². The first-order valence-corrected chi connectivity index (χ1v) is 10.5. The van der Waals surface area contributed by atoms with Gasteiger partial charge < -0.3 is 14.5 Å². The molecule has 4 aromatic rings. The number of esters is 1. The second kappa shape index (κ2) is 8.58. The smallest absolute Gasteiger partial charge is 0.337 e. The van der Waals surface area contributed by atoms with Gasteiger partial charge in [0.1, 0.15) is 5.69 Å². The van der Waals surface area contributed by atoms with Crippen molar-refractivity contribution in [1.82, 2.24) is 19.9 Å². The van der Waals surface area contributed by atoms with Crippen molar-refractivity contribution in [2.75, 3.05) is 43.1 Å². The number of piperazine rings is 1. The summed E-state index contributed by atoms with van der Waals surface area (Å²) in [5, 5.41) is 0. The Bertz CT molecular complexity index is 1240. The maximum atomic E-state index is 12.0. The third-order valence-corrected chi connectivity index (χ3v) is 5.53. The SMILES string of the molecule is COC(=O)c1ccc2nc(-c3ccccc3)c(N3CCN(c4ncccn4)CC3)nc2c1. The van der Waals surface area contributed by atoms with Crippen molar-refractivity contribution in [2.45, 2.75) is 0 Å². The fourth-order valence-corrected chi connectivity index (χ4v) is 3.87. The van der Waals surface area contributed by atoms with Gasteiger partial charge in [0.05, 0.1) is 23.7 Å². The Kier molecular flexibility index (Phi) is 5.33. The van der Waals surface area contributed by atoms with Crippen molar-refractivity contribution in [3.8, 4) is 11.3 Å². The first-order valence-electron chi connectivity index (χ1n) is 10.5. The van der Waals surface area contributed by atoms with E-state index in [1.807, 2.05) is 42.5 Å². The molecule has 2 aromatic carbocycles. The number of hydrogen-bond donors (Lipinski definition) is 0. The zero-order valence-electron chi connectivity index (χ0n) is 17.7. The molecular formula is C24H22N6O2. The largest absolute Gasteiger partial charge is 0.465 e. The van der Waals surface area contributed by atoms with Crippen molar-refractivity contribution >= 4 is 28.8 Å². The molecule has 8 nitrogen and oxygen atoms in total. The molecule has 3 heterocycles. The van der Waals surface area contributed by atoms with Crippen molar-refractivity contribution in [3.05, 3.63) is 72.6 Å². The van der Waals surface area contributed by atoms with Crippen LogP contribution < -0.4 is 9.80 Å². The lowest BCUT2D eigenvalue weighted by molar-refractivity contribution is 0.0601. The third kappa shape index (κ3) is 3.82. The number of anilines is 2. The predicted molar refractivity (Wildman–Crippen MR) is 123 cm³/mol. The van der Waals surface area contributed by atoms with Crippen LogP contribution in [0.1, 0.15) is 10.4 Å². The highest BCUT2D eigenvalue weighted by atomic mass is 16.5. The van der Waals surface area contributed by atoms with Crippen molar-refractivity contribution < 1.29 is 9.53 Å². The zero-order valence-corrected chi connectivity index (χ0v) is 17.7. The molecule has 1 saturated heterocycles. The minimum atomic E-state index is -0.390. The average Bonchev–Trinajstić information content (AvgIpc) is 2.88. The van der Waals surface area contributed by atoms with Crippen LogP contribution in [0.15, 0.2) is 67.0 Å². The van der Waals surface area contributed by atoms with E-state index in [0.717, 1.165) is 54.7 Å². The van der Waals surface area contributed by atoms with Gasteiger partial charge in [0.2, 0.25) is 5.95 Å². The van der Waals surface area contributed by atoms with Crippen LogP contribution in [-0.4, -0.2) is 59.2 Å². The molecule has 0 saturated carbocycles. The maximum Gasteiger partial charge on any atom is 0.337 e. The summed E-state index contributed by atoms with van der Waals surface area (Å²) in [6, 6.07) is 17.1. The molecule has 0 radical (unpaired) electrons. The van der Waals surface area contributed by atoms with Gasteiger partial charge in [0.15, 0.2) is 5.82 Å². The molecular weight excluding hydrogens is 404 g/mol. The molecule has 8 heteroatoms. The van der Waals surface area contributed by atoms with Gasteiger partial charge in [-0.2, -0.15) is 0 Å². The molecule has 0 N–H and O–H groups in total. The number of nitrogens with zero attached hydrogens (tertiary/aromatic N) is 6. The van der Waals surface area contributed by atoms with Gasteiger partial charge in [0.25, 0.3) is 0 Å². The molecule has 1 aliphatic heterocycles. The molecule has 0 bridgehead atoms. The van der Waals surface area contributed by atoms with Crippen LogP contribution in [-0.2, 0) is 4.74 Å². The number of aromatic nitrogens is 4. The van der Waals surface area contributed by atoms with Crippen molar-refractivity contribution in [3.63, 3.8) is 0 Å². The Labute approximate surface area is 185 Å². The van der Waals surface area contributed by atoms with E-state index in [2.05, 4.69) is 19.8 Å². The quantitative estimate of drug-likeness (QED) is 0.460.